The Bertz CT molecular complexity index is 314. The Hall–Kier alpha value is -1.10. The molecule has 0 unspecified atom stereocenters. The molecule has 0 aliphatic heterocycles. The maximum absolute atomic E-state index is 10.3. The van der Waals surface area contributed by atoms with Gasteiger partial charge >= 0.3 is 5.97 Å². The van der Waals surface area contributed by atoms with E-state index in [1.807, 2.05) is 0 Å². The van der Waals surface area contributed by atoms with E-state index >= 15 is 0 Å². The number of aromatic nitrogens is 1. The van der Waals surface area contributed by atoms with Crippen LogP contribution in [0.2, 0.25) is 0 Å². The van der Waals surface area contributed by atoms with Crippen LogP contribution in [-0.4, -0.2) is 16.1 Å². The van der Waals surface area contributed by atoms with Gasteiger partial charge < -0.3 is 10.8 Å². The third-order valence-electron chi connectivity index (χ3n) is 1.37. The molecule has 0 saturated heterocycles. The SMILES string of the molecule is Nc1c(CC(=O)O)ccnc1Br. The van der Waals surface area contributed by atoms with Crippen LogP contribution >= 0.6 is 15.9 Å². The highest BCUT2D eigenvalue weighted by atomic mass is 79.9. The zero-order chi connectivity index (χ0) is 9.14. The van der Waals surface area contributed by atoms with Gasteiger partial charge in [0.15, 0.2) is 0 Å². The van der Waals surface area contributed by atoms with Gasteiger partial charge in [-0.2, -0.15) is 0 Å². The van der Waals surface area contributed by atoms with Crippen molar-refractivity contribution in [2.75, 3.05) is 5.73 Å². The molecule has 0 amide bonds. The fraction of sp³-hybridized carbons (Fsp3) is 0.143. The van der Waals surface area contributed by atoms with Gasteiger partial charge in [0, 0.05) is 6.20 Å². The minimum atomic E-state index is -0.903. The summed E-state index contributed by atoms with van der Waals surface area (Å²) in [6.07, 6.45) is 1.44. The fourth-order valence-electron chi connectivity index (χ4n) is 0.802. The molecule has 1 heterocycles. The fourth-order valence-corrected chi connectivity index (χ4v) is 1.17. The van der Waals surface area contributed by atoms with Crippen molar-refractivity contribution in [1.29, 1.82) is 0 Å². The van der Waals surface area contributed by atoms with Crippen LogP contribution in [0, 0.1) is 0 Å². The van der Waals surface area contributed by atoms with Crippen LogP contribution in [0.3, 0.4) is 0 Å². The Morgan fingerprint density at radius 2 is 2.42 bits per heavy atom. The molecule has 0 fully saturated rings. The third kappa shape index (κ3) is 1.94. The first-order valence-corrected chi connectivity index (χ1v) is 4.01. The van der Waals surface area contributed by atoms with E-state index in [4.69, 9.17) is 10.8 Å². The van der Waals surface area contributed by atoms with Gasteiger partial charge in [-0.3, -0.25) is 4.79 Å². The van der Waals surface area contributed by atoms with Crippen molar-refractivity contribution in [2.45, 2.75) is 6.42 Å². The molecule has 12 heavy (non-hydrogen) atoms. The number of hydrogen-bond donors (Lipinski definition) is 2. The number of rotatable bonds is 2. The van der Waals surface area contributed by atoms with Crippen LogP contribution in [0.25, 0.3) is 0 Å². The van der Waals surface area contributed by atoms with Crippen LogP contribution in [0.4, 0.5) is 5.69 Å². The highest BCUT2D eigenvalue weighted by molar-refractivity contribution is 9.10. The Morgan fingerprint density at radius 1 is 1.75 bits per heavy atom. The summed E-state index contributed by atoms with van der Waals surface area (Å²) in [5.41, 5.74) is 6.52. The minimum absolute atomic E-state index is 0.0764. The van der Waals surface area contributed by atoms with Crippen molar-refractivity contribution < 1.29 is 9.90 Å². The van der Waals surface area contributed by atoms with Gasteiger partial charge in [0.1, 0.15) is 4.60 Å². The molecule has 4 nitrogen and oxygen atoms in total. The number of carboxylic acids is 1. The van der Waals surface area contributed by atoms with Crippen molar-refractivity contribution in [3.63, 3.8) is 0 Å². The third-order valence-corrected chi connectivity index (χ3v) is 2.01. The maximum atomic E-state index is 10.3. The molecule has 0 aliphatic carbocycles. The molecule has 0 saturated carbocycles. The van der Waals surface area contributed by atoms with Gasteiger partial charge in [-0.1, -0.05) is 0 Å². The Labute approximate surface area is 77.5 Å². The highest BCUT2D eigenvalue weighted by Gasteiger charge is 2.06. The second kappa shape index (κ2) is 3.53. The van der Waals surface area contributed by atoms with Crippen molar-refractivity contribution in [2.24, 2.45) is 0 Å². The zero-order valence-electron chi connectivity index (χ0n) is 6.12. The Balaban J connectivity index is 3.00. The number of carboxylic acid groups (broad SMARTS) is 1. The summed E-state index contributed by atoms with van der Waals surface area (Å²) in [6, 6.07) is 1.59. The van der Waals surface area contributed by atoms with E-state index in [9.17, 15) is 4.79 Å². The summed E-state index contributed by atoms with van der Waals surface area (Å²) >= 11 is 3.11. The molecular weight excluding hydrogens is 224 g/mol. The van der Waals surface area contributed by atoms with Crippen molar-refractivity contribution >= 4 is 27.6 Å². The molecule has 3 N–H and O–H groups in total. The largest absolute Gasteiger partial charge is 0.481 e. The van der Waals surface area contributed by atoms with E-state index in [2.05, 4.69) is 20.9 Å². The number of pyridine rings is 1. The van der Waals surface area contributed by atoms with Crippen molar-refractivity contribution in [1.82, 2.24) is 4.98 Å². The monoisotopic (exact) mass is 230 g/mol. The first-order valence-electron chi connectivity index (χ1n) is 3.22. The average Bonchev–Trinajstić information content (AvgIpc) is 1.98. The number of nitrogens with zero attached hydrogens (tertiary/aromatic N) is 1. The first kappa shape index (κ1) is 8.99. The molecule has 5 heteroatoms. The number of aliphatic carboxylic acids is 1. The van der Waals surface area contributed by atoms with E-state index in [1.54, 1.807) is 6.07 Å². The second-order valence-corrected chi connectivity index (χ2v) is 3.00. The number of nitrogen functional groups attached to an aromatic ring is 1. The molecule has 1 rings (SSSR count). The molecule has 0 aliphatic rings. The first-order chi connectivity index (χ1) is 5.61. The summed E-state index contributed by atoms with van der Waals surface area (Å²) in [5, 5.41) is 8.49. The molecule has 0 bridgehead atoms. The standard InChI is InChI=1S/C7H7BrN2O2/c8-7-6(9)4(1-2-10-7)3-5(11)12/h1-2H,3,9H2,(H,11,12). The van der Waals surface area contributed by atoms with E-state index in [0.29, 0.717) is 15.9 Å². The summed E-state index contributed by atoms with van der Waals surface area (Å²) in [7, 11) is 0. The summed E-state index contributed by atoms with van der Waals surface area (Å²) < 4.78 is 0.487. The van der Waals surface area contributed by atoms with Crippen molar-refractivity contribution in [3.8, 4) is 0 Å². The second-order valence-electron chi connectivity index (χ2n) is 2.25. The van der Waals surface area contributed by atoms with Gasteiger partial charge in [-0.25, -0.2) is 4.98 Å². The van der Waals surface area contributed by atoms with Crippen LogP contribution in [-0.2, 0) is 11.2 Å². The lowest BCUT2D eigenvalue weighted by molar-refractivity contribution is -0.136. The van der Waals surface area contributed by atoms with Gasteiger partial charge in [0.05, 0.1) is 12.1 Å². The predicted molar refractivity (Wildman–Crippen MR) is 47.7 cm³/mol. The lowest BCUT2D eigenvalue weighted by Crippen LogP contribution is -2.04. The lowest BCUT2D eigenvalue weighted by Gasteiger charge is -2.02. The maximum Gasteiger partial charge on any atom is 0.307 e. The number of nitrogens with two attached hydrogens (primary N) is 1. The van der Waals surface area contributed by atoms with Gasteiger partial charge in [-0.15, -0.1) is 0 Å². The van der Waals surface area contributed by atoms with Crippen LogP contribution in [0.15, 0.2) is 16.9 Å². The van der Waals surface area contributed by atoms with Crippen LogP contribution in [0.1, 0.15) is 5.56 Å². The van der Waals surface area contributed by atoms with Gasteiger partial charge in [0.2, 0.25) is 0 Å². The van der Waals surface area contributed by atoms with E-state index in [0.717, 1.165) is 0 Å². The van der Waals surface area contributed by atoms with E-state index in [1.165, 1.54) is 6.20 Å². The number of carbonyl (C=O) groups is 1. The number of hydrogen-bond acceptors (Lipinski definition) is 3. The molecule has 0 spiro atoms. The molecule has 0 atom stereocenters. The average molecular weight is 231 g/mol. The predicted octanol–water partition coefficient (Wildman–Crippen LogP) is 1.05. The zero-order valence-corrected chi connectivity index (χ0v) is 7.71. The normalized spacial score (nSPS) is 9.75. The van der Waals surface area contributed by atoms with Crippen LogP contribution < -0.4 is 5.73 Å². The number of anilines is 1. The quantitative estimate of drug-likeness (QED) is 0.746. The summed E-state index contributed by atoms with van der Waals surface area (Å²) in [6.45, 7) is 0. The highest BCUT2D eigenvalue weighted by Crippen LogP contribution is 2.20. The Morgan fingerprint density at radius 3 is 3.00 bits per heavy atom. The van der Waals surface area contributed by atoms with Gasteiger partial charge in [0.25, 0.3) is 0 Å². The molecule has 0 radical (unpaired) electrons. The molecular formula is C7H7BrN2O2. The molecule has 64 valence electrons. The molecule has 1 aromatic heterocycles. The summed E-state index contributed by atoms with van der Waals surface area (Å²) in [4.78, 5) is 14.2. The van der Waals surface area contributed by atoms with Crippen LogP contribution in [0.5, 0.6) is 0 Å². The molecule has 1 aromatic rings. The topological polar surface area (TPSA) is 76.2 Å². The minimum Gasteiger partial charge on any atom is -0.481 e. The van der Waals surface area contributed by atoms with Crippen molar-refractivity contribution in [3.05, 3.63) is 22.4 Å². The lowest BCUT2D eigenvalue weighted by atomic mass is 10.2. The smallest absolute Gasteiger partial charge is 0.307 e. The Kier molecular flexibility index (Phi) is 2.65. The van der Waals surface area contributed by atoms with E-state index in [-0.39, 0.29) is 6.42 Å². The summed E-state index contributed by atoms with van der Waals surface area (Å²) in [5.74, 6) is -0.903. The van der Waals surface area contributed by atoms with E-state index < -0.39 is 5.97 Å². The number of halogens is 1. The molecule has 0 aromatic carbocycles. The van der Waals surface area contributed by atoms with Gasteiger partial charge in [-0.05, 0) is 27.6 Å².